The van der Waals surface area contributed by atoms with E-state index in [1.165, 1.54) is 135 Å². The van der Waals surface area contributed by atoms with Crippen LogP contribution >= 0.6 is 0 Å². The van der Waals surface area contributed by atoms with Crippen LogP contribution < -0.4 is 5.73 Å². The highest BCUT2D eigenvalue weighted by atomic mass is 16.1. The summed E-state index contributed by atoms with van der Waals surface area (Å²) in [4.78, 5) is 13.0. The summed E-state index contributed by atoms with van der Waals surface area (Å²) in [6.07, 6.45) is 26.8. The second kappa shape index (κ2) is 29.4. The first-order valence-corrected chi connectivity index (χ1v) is 14.1. The maximum absolute atomic E-state index is 10.6. The number of primary amides is 1. The molecule has 1 amide bonds. The fraction of sp³-hybridized carbons (Fsp3) is 0.964. The zero-order chi connectivity index (χ0) is 23.4. The van der Waals surface area contributed by atoms with Crippen molar-refractivity contribution in [2.45, 2.75) is 156 Å². The molecule has 0 bridgehead atoms. The van der Waals surface area contributed by atoms with Gasteiger partial charge in [0.2, 0.25) is 5.91 Å². The molecular formula is C28H60N2O. The number of nitrogens with two attached hydrogens (primary N) is 1. The highest BCUT2D eigenvalue weighted by Gasteiger charge is 1.96. The summed E-state index contributed by atoms with van der Waals surface area (Å²) < 4.78 is 0. The Morgan fingerprint density at radius 2 is 0.742 bits per heavy atom. The number of rotatable bonds is 23. The van der Waals surface area contributed by atoms with E-state index < -0.39 is 0 Å². The molecule has 0 radical (unpaired) electrons. The molecule has 0 unspecified atom stereocenters. The summed E-state index contributed by atoms with van der Waals surface area (Å²) >= 11 is 0. The predicted molar refractivity (Wildman–Crippen MR) is 141 cm³/mol. The second-order valence-electron chi connectivity index (χ2n) is 9.20. The van der Waals surface area contributed by atoms with Crippen LogP contribution in [0.5, 0.6) is 0 Å². The van der Waals surface area contributed by atoms with Gasteiger partial charge in [0.1, 0.15) is 0 Å². The standard InChI is InChI=1S/C22H45NO.C6H15N/c1-2-3-4-5-6-7-8-9-10-11-12-13-14-15-16-17-18-19-20-21-22(23)24;1-4-7(5-2)6-3/h2-21H2,1H3,(H2,23,24);4-6H2,1-3H3. The summed E-state index contributed by atoms with van der Waals surface area (Å²) in [7, 11) is 0. The smallest absolute Gasteiger partial charge is 0.217 e. The predicted octanol–water partition coefficient (Wildman–Crippen LogP) is 8.64. The molecule has 0 aromatic rings. The summed E-state index contributed by atoms with van der Waals surface area (Å²) in [6.45, 7) is 12.4. The van der Waals surface area contributed by atoms with Crippen LogP contribution in [0.15, 0.2) is 0 Å². The largest absolute Gasteiger partial charge is 0.370 e. The molecule has 0 aliphatic heterocycles. The van der Waals surface area contributed by atoms with E-state index in [1.807, 2.05) is 0 Å². The van der Waals surface area contributed by atoms with Crippen molar-refractivity contribution in [2.24, 2.45) is 5.73 Å². The fourth-order valence-corrected chi connectivity index (χ4v) is 4.05. The van der Waals surface area contributed by atoms with Gasteiger partial charge in [-0.25, -0.2) is 0 Å². The average Bonchev–Trinajstić information content (AvgIpc) is 2.77. The van der Waals surface area contributed by atoms with Crippen molar-refractivity contribution < 1.29 is 4.79 Å². The highest BCUT2D eigenvalue weighted by Crippen LogP contribution is 2.14. The van der Waals surface area contributed by atoms with Gasteiger partial charge in [-0.05, 0) is 26.1 Å². The molecule has 0 saturated carbocycles. The average molecular weight is 441 g/mol. The molecule has 0 spiro atoms. The quantitative estimate of drug-likeness (QED) is 0.162. The molecule has 0 saturated heterocycles. The Morgan fingerprint density at radius 1 is 0.484 bits per heavy atom. The van der Waals surface area contributed by atoms with E-state index in [1.54, 1.807) is 0 Å². The van der Waals surface area contributed by atoms with Gasteiger partial charge in [0.25, 0.3) is 0 Å². The number of carbonyl (C=O) groups excluding carboxylic acids is 1. The van der Waals surface area contributed by atoms with Crippen LogP contribution in [-0.2, 0) is 4.79 Å². The van der Waals surface area contributed by atoms with Crippen LogP contribution in [0.4, 0.5) is 0 Å². The molecule has 0 aromatic carbocycles. The van der Waals surface area contributed by atoms with Crippen LogP contribution in [0.25, 0.3) is 0 Å². The molecule has 0 aromatic heterocycles. The number of hydrogen-bond donors (Lipinski definition) is 1. The Kier molecular flexibility index (Phi) is 31.0. The van der Waals surface area contributed by atoms with E-state index in [4.69, 9.17) is 5.73 Å². The van der Waals surface area contributed by atoms with Gasteiger partial charge in [-0.15, -0.1) is 0 Å². The van der Waals surface area contributed by atoms with Gasteiger partial charge in [0.05, 0.1) is 0 Å². The van der Waals surface area contributed by atoms with E-state index >= 15 is 0 Å². The van der Waals surface area contributed by atoms with E-state index in [0.29, 0.717) is 6.42 Å². The minimum atomic E-state index is -0.151. The Morgan fingerprint density at radius 3 is 0.935 bits per heavy atom. The summed E-state index contributed by atoms with van der Waals surface area (Å²) in [5.41, 5.74) is 5.13. The van der Waals surface area contributed by atoms with Gasteiger partial charge in [0, 0.05) is 6.42 Å². The zero-order valence-electron chi connectivity index (χ0n) is 22.2. The first-order chi connectivity index (χ1) is 15.1. The van der Waals surface area contributed by atoms with Crippen molar-refractivity contribution in [1.82, 2.24) is 4.90 Å². The Labute approximate surface area is 197 Å². The van der Waals surface area contributed by atoms with Crippen molar-refractivity contribution in [3.8, 4) is 0 Å². The van der Waals surface area contributed by atoms with Crippen molar-refractivity contribution in [1.29, 1.82) is 0 Å². The zero-order valence-corrected chi connectivity index (χ0v) is 22.2. The molecule has 188 valence electrons. The molecule has 0 aliphatic carbocycles. The maximum Gasteiger partial charge on any atom is 0.217 e. The second-order valence-corrected chi connectivity index (χ2v) is 9.20. The van der Waals surface area contributed by atoms with Crippen LogP contribution in [0.1, 0.15) is 156 Å². The van der Waals surface area contributed by atoms with E-state index in [9.17, 15) is 4.79 Å². The first kappa shape index (κ1) is 32.6. The van der Waals surface area contributed by atoms with Crippen LogP contribution in [0.3, 0.4) is 0 Å². The van der Waals surface area contributed by atoms with Crippen molar-refractivity contribution in [3.63, 3.8) is 0 Å². The molecule has 31 heavy (non-hydrogen) atoms. The van der Waals surface area contributed by atoms with Crippen LogP contribution in [0.2, 0.25) is 0 Å². The minimum absolute atomic E-state index is 0.151. The topological polar surface area (TPSA) is 46.3 Å². The first-order valence-electron chi connectivity index (χ1n) is 14.1. The third kappa shape index (κ3) is 31.7. The number of carbonyl (C=O) groups is 1. The van der Waals surface area contributed by atoms with Crippen LogP contribution in [-0.4, -0.2) is 30.4 Å². The molecule has 0 rings (SSSR count). The molecule has 3 heteroatoms. The molecule has 0 atom stereocenters. The lowest BCUT2D eigenvalue weighted by Gasteiger charge is -2.13. The molecule has 3 nitrogen and oxygen atoms in total. The molecule has 2 N–H and O–H groups in total. The highest BCUT2D eigenvalue weighted by molar-refractivity contribution is 5.73. The molecule has 0 heterocycles. The fourth-order valence-electron chi connectivity index (χ4n) is 4.05. The van der Waals surface area contributed by atoms with Gasteiger partial charge < -0.3 is 10.6 Å². The Bertz CT molecular complexity index is 323. The lowest BCUT2D eigenvalue weighted by molar-refractivity contribution is -0.118. The Balaban J connectivity index is 0. The van der Waals surface area contributed by atoms with Crippen molar-refractivity contribution in [2.75, 3.05) is 19.6 Å². The van der Waals surface area contributed by atoms with Gasteiger partial charge in [-0.3, -0.25) is 4.79 Å². The number of unbranched alkanes of at least 4 members (excludes halogenated alkanes) is 18. The van der Waals surface area contributed by atoms with Crippen LogP contribution in [0, 0.1) is 0 Å². The van der Waals surface area contributed by atoms with E-state index in [2.05, 4.69) is 32.6 Å². The summed E-state index contributed by atoms with van der Waals surface area (Å²) in [5.74, 6) is -0.151. The normalized spacial score (nSPS) is 10.9. The maximum atomic E-state index is 10.6. The van der Waals surface area contributed by atoms with E-state index in [0.717, 1.165) is 6.42 Å². The van der Waals surface area contributed by atoms with Crippen molar-refractivity contribution >= 4 is 5.91 Å². The summed E-state index contributed by atoms with van der Waals surface area (Å²) in [6, 6.07) is 0. The van der Waals surface area contributed by atoms with Gasteiger partial charge in [-0.1, -0.05) is 143 Å². The minimum Gasteiger partial charge on any atom is -0.370 e. The Hall–Kier alpha value is -0.570. The van der Waals surface area contributed by atoms with Gasteiger partial charge in [-0.2, -0.15) is 0 Å². The molecule has 0 fully saturated rings. The molecular weight excluding hydrogens is 380 g/mol. The van der Waals surface area contributed by atoms with E-state index in [-0.39, 0.29) is 5.91 Å². The SMILES string of the molecule is CCCCCCCCCCCCCCCCCCCCCC(N)=O.CCN(CC)CC. The lowest BCUT2D eigenvalue weighted by atomic mass is 10.0. The molecule has 0 aliphatic rings. The number of hydrogen-bond acceptors (Lipinski definition) is 2. The van der Waals surface area contributed by atoms with Gasteiger partial charge in [0.15, 0.2) is 0 Å². The number of amides is 1. The monoisotopic (exact) mass is 440 g/mol. The third-order valence-corrected chi connectivity index (χ3v) is 6.37. The summed E-state index contributed by atoms with van der Waals surface area (Å²) in [5, 5.41) is 0. The van der Waals surface area contributed by atoms with Crippen molar-refractivity contribution in [3.05, 3.63) is 0 Å². The third-order valence-electron chi connectivity index (χ3n) is 6.37. The lowest BCUT2D eigenvalue weighted by Crippen LogP contribution is -2.21. The number of nitrogens with zero attached hydrogens (tertiary/aromatic N) is 1. The van der Waals surface area contributed by atoms with Gasteiger partial charge >= 0.3 is 0 Å².